The zero-order valence-electron chi connectivity index (χ0n) is 10.1. The van der Waals surface area contributed by atoms with Crippen LogP contribution in [-0.2, 0) is 0 Å². The summed E-state index contributed by atoms with van der Waals surface area (Å²) in [6, 6.07) is 2.25. The van der Waals surface area contributed by atoms with Gasteiger partial charge in [-0.15, -0.1) is 0 Å². The highest BCUT2D eigenvalue weighted by molar-refractivity contribution is 5.95. The first kappa shape index (κ1) is 11.6. The van der Waals surface area contributed by atoms with Gasteiger partial charge in [0.15, 0.2) is 5.84 Å². The number of hydrogen-bond acceptors (Lipinski definition) is 5. The molecule has 1 heterocycles. The van der Waals surface area contributed by atoms with Gasteiger partial charge in [-0.25, -0.2) is 9.97 Å². The monoisotopic (exact) mass is 235 g/mol. The van der Waals surface area contributed by atoms with Gasteiger partial charge < -0.3 is 15.8 Å². The van der Waals surface area contributed by atoms with Gasteiger partial charge in [0.2, 0.25) is 5.95 Å². The first-order valence-corrected chi connectivity index (χ1v) is 5.76. The Morgan fingerprint density at radius 3 is 2.82 bits per heavy atom. The highest BCUT2D eigenvalue weighted by Crippen LogP contribution is 2.29. The fourth-order valence-electron chi connectivity index (χ4n) is 1.81. The van der Waals surface area contributed by atoms with Gasteiger partial charge in [-0.05, 0) is 32.8 Å². The maximum absolute atomic E-state index is 8.68. The quantitative estimate of drug-likeness (QED) is 0.350. The summed E-state index contributed by atoms with van der Waals surface area (Å²) in [5.41, 5.74) is 6.84. The molecule has 0 spiro atoms. The summed E-state index contributed by atoms with van der Waals surface area (Å²) in [7, 11) is 0. The number of nitrogens with two attached hydrogens (primary N) is 1. The molecule has 1 aliphatic rings. The number of anilines is 1. The maximum atomic E-state index is 8.68. The maximum Gasteiger partial charge on any atom is 0.226 e. The number of amidine groups is 1. The summed E-state index contributed by atoms with van der Waals surface area (Å²) < 4.78 is 0. The van der Waals surface area contributed by atoms with E-state index >= 15 is 0 Å². The minimum Gasteiger partial charge on any atom is -0.409 e. The van der Waals surface area contributed by atoms with Crippen LogP contribution in [0, 0.1) is 6.92 Å². The van der Waals surface area contributed by atoms with Crippen LogP contribution < -0.4 is 10.6 Å². The average molecular weight is 235 g/mol. The molecular formula is C11H17N5O. The first-order chi connectivity index (χ1) is 8.15. The second-order valence-electron chi connectivity index (χ2n) is 4.20. The minimum absolute atomic E-state index is 0.0172. The molecule has 0 amide bonds. The van der Waals surface area contributed by atoms with Crippen LogP contribution in [0.5, 0.6) is 0 Å². The molecule has 17 heavy (non-hydrogen) atoms. The Bertz CT molecular complexity index is 441. The Kier molecular flexibility index (Phi) is 3.12. The van der Waals surface area contributed by atoms with Crippen LogP contribution >= 0.6 is 0 Å². The van der Waals surface area contributed by atoms with Crippen molar-refractivity contribution in [1.82, 2.24) is 9.97 Å². The first-order valence-electron chi connectivity index (χ1n) is 5.76. The fraction of sp³-hybridized carbons (Fsp3) is 0.545. The predicted octanol–water partition coefficient (Wildman–Crippen LogP) is 0.868. The second-order valence-corrected chi connectivity index (χ2v) is 4.20. The molecule has 1 aromatic rings. The van der Waals surface area contributed by atoms with E-state index in [2.05, 4.69) is 26.9 Å². The van der Waals surface area contributed by atoms with Crippen molar-refractivity contribution < 1.29 is 5.21 Å². The number of rotatable bonds is 4. The molecule has 1 aliphatic carbocycles. The van der Waals surface area contributed by atoms with Crippen LogP contribution in [0.25, 0.3) is 0 Å². The van der Waals surface area contributed by atoms with Gasteiger partial charge >= 0.3 is 0 Å². The Labute approximate surface area is 100 Å². The largest absolute Gasteiger partial charge is 0.409 e. The molecule has 0 aliphatic heterocycles. The van der Waals surface area contributed by atoms with Crippen LogP contribution in [0.15, 0.2) is 11.2 Å². The second kappa shape index (κ2) is 4.57. The highest BCUT2D eigenvalue weighted by atomic mass is 16.4. The lowest BCUT2D eigenvalue weighted by atomic mass is 10.3. The molecule has 0 aromatic carbocycles. The third kappa shape index (κ3) is 2.46. The van der Waals surface area contributed by atoms with E-state index in [-0.39, 0.29) is 5.84 Å². The minimum atomic E-state index is 0.0172. The van der Waals surface area contributed by atoms with Crippen LogP contribution in [0.1, 0.15) is 31.2 Å². The molecule has 0 radical (unpaired) electrons. The molecule has 92 valence electrons. The lowest BCUT2D eigenvalue weighted by Gasteiger charge is -2.20. The molecule has 3 N–H and O–H groups in total. The van der Waals surface area contributed by atoms with Crippen molar-refractivity contribution in [2.75, 3.05) is 11.4 Å². The summed E-state index contributed by atoms with van der Waals surface area (Å²) >= 11 is 0. The van der Waals surface area contributed by atoms with Crippen molar-refractivity contribution in [3.8, 4) is 0 Å². The molecule has 0 bridgehead atoms. The Balaban J connectivity index is 2.36. The van der Waals surface area contributed by atoms with Gasteiger partial charge in [0.25, 0.3) is 0 Å². The lowest BCUT2D eigenvalue weighted by Crippen LogP contribution is -2.28. The van der Waals surface area contributed by atoms with E-state index in [0.29, 0.717) is 17.7 Å². The van der Waals surface area contributed by atoms with Crippen molar-refractivity contribution in [3.63, 3.8) is 0 Å². The molecule has 0 atom stereocenters. The summed E-state index contributed by atoms with van der Waals surface area (Å²) in [6.45, 7) is 4.82. The van der Waals surface area contributed by atoms with Gasteiger partial charge in [-0.1, -0.05) is 5.16 Å². The van der Waals surface area contributed by atoms with Gasteiger partial charge in [0.1, 0.15) is 5.69 Å². The number of aromatic nitrogens is 2. The average Bonchev–Trinajstić information content (AvgIpc) is 3.13. The van der Waals surface area contributed by atoms with E-state index < -0.39 is 0 Å². The number of nitrogens with zero attached hydrogens (tertiary/aromatic N) is 4. The SMILES string of the molecule is CCN(c1nc(C)cc(/C(N)=N/O)n1)C1CC1. The lowest BCUT2D eigenvalue weighted by molar-refractivity contribution is 0.318. The van der Waals surface area contributed by atoms with Crippen molar-refractivity contribution in [2.24, 2.45) is 10.9 Å². The molecular weight excluding hydrogens is 218 g/mol. The van der Waals surface area contributed by atoms with Gasteiger partial charge in [-0.3, -0.25) is 0 Å². The van der Waals surface area contributed by atoms with E-state index in [1.54, 1.807) is 6.07 Å². The van der Waals surface area contributed by atoms with E-state index in [9.17, 15) is 0 Å². The van der Waals surface area contributed by atoms with E-state index in [1.165, 1.54) is 12.8 Å². The van der Waals surface area contributed by atoms with Crippen LogP contribution in [0.4, 0.5) is 5.95 Å². The normalized spacial score (nSPS) is 16.0. The third-order valence-corrected chi connectivity index (χ3v) is 2.80. The van der Waals surface area contributed by atoms with E-state index in [4.69, 9.17) is 10.9 Å². The summed E-state index contributed by atoms with van der Waals surface area (Å²) in [6.07, 6.45) is 2.37. The van der Waals surface area contributed by atoms with Gasteiger partial charge in [0.05, 0.1) is 0 Å². The molecule has 2 rings (SSSR count). The summed E-state index contributed by atoms with van der Waals surface area (Å²) in [5, 5.41) is 11.6. The predicted molar refractivity (Wildman–Crippen MR) is 65.3 cm³/mol. The zero-order chi connectivity index (χ0) is 12.4. The molecule has 0 unspecified atom stereocenters. The summed E-state index contributed by atoms with van der Waals surface area (Å²) in [5.74, 6) is 0.681. The highest BCUT2D eigenvalue weighted by Gasteiger charge is 2.30. The Morgan fingerprint density at radius 1 is 1.59 bits per heavy atom. The van der Waals surface area contributed by atoms with E-state index in [0.717, 1.165) is 12.2 Å². The van der Waals surface area contributed by atoms with Crippen LogP contribution in [-0.4, -0.2) is 33.6 Å². The number of oxime groups is 1. The molecule has 6 nitrogen and oxygen atoms in total. The number of aryl methyl sites for hydroxylation is 1. The van der Waals surface area contributed by atoms with E-state index in [1.807, 2.05) is 6.92 Å². The van der Waals surface area contributed by atoms with Crippen LogP contribution in [0.2, 0.25) is 0 Å². The Morgan fingerprint density at radius 2 is 2.29 bits per heavy atom. The standard InChI is InChI=1S/C11H17N5O/c1-3-16(8-4-5-8)11-13-7(2)6-9(14-11)10(12)15-17/h6,8,17H,3-5H2,1-2H3,(H2,12,15). The molecule has 1 saturated carbocycles. The Hall–Kier alpha value is -1.85. The molecule has 1 aromatic heterocycles. The topological polar surface area (TPSA) is 87.6 Å². The van der Waals surface area contributed by atoms with Gasteiger partial charge in [0, 0.05) is 18.3 Å². The molecule has 6 heteroatoms. The van der Waals surface area contributed by atoms with Crippen molar-refractivity contribution in [2.45, 2.75) is 32.7 Å². The zero-order valence-corrected chi connectivity index (χ0v) is 10.1. The van der Waals surface area contributed by atoms with Crippen molar-refractivity contribution in [3.05, 3.63) is 17.5 Å². The van der Waals surface area contributed by atoms with Gasteiger partial charge in [-0.2, -0.15) is 0 Å². The molecule has 1 fully saturated rings. The summed E-state index contributed by atoms with van der Waals surface area (Å²) in [4.78, 5) is 10.9. The number of hydrogen-bond donors (Lipinski definition) is 2. The molecule has 0 saturated heterocycles. The fourth-order valence-corrected chi connectivity index (χ4v) is 1.81. The van der Waals surface area contributed by atoms with Crippen molar-refractivity contribution >= 4 is 11.8 Å². The van der Waals surface area contributed by atoms with Crippen molar-refractivity contribution in [1.29, 1.82) is 0 Å². The smallest absolute Gasteiger partial charge is 0.226 e. The van der Waals surface area contributed by atoms with Crippen LogP contribution in [0.3, 0.4) is 0 Å². The third-order valence-electron chi connectivity index (χ3n) is 2.80.